The Morgan fingerprint density at radius 2 is 0.533 bits per heavy atom. The molecular weight excluding hydrogens is 400 g/mol. The number of hydrogen-bond acceptors (Lipinski definition) is 2. The maximum Gasteiger partial charge on any atom is 0.0355 e. The first-order chi connectivity index (χ1) is 14.8. The summed E-state index contributed by atoms with van der Waals surface area (Å²) in [4.78, 5) is 0. The van der Waals surface area contributed by atoms with Gasteiger partial charge in [0.15, 0.2) is 0 Å². The lowest BCUT2D eigenvalue weighted by molar-refractivity contribution is 1.85. The molecule has 7 aromatic rings. The lowest BCUT2D eigenvalue weighted by Gasteiger charge is -1.96. The van der Waals surface area contributed by atoms with Crippen LogP contribution in [0, 0.1) is 0 Å². The zero-order valence-electron chi connectivity index (χ0n) is 16.1. The van der Waals surface area contributed by atoms with E-state index in [1.165, 1.54) is 61.9 Å². The molecule has 0 fully saturated rings. The fourth-order valence-electron chi connectivity index (χ4n) is 4.42. The van der Waals surface area contributed by atoms with Crippen molar-refractivity contribution >= 4 is 84.6 Å². The maximum absolute atomic E-state index is 2.33. The number of rotatable bonds is 0. The first-order valence-electron chi connectivity index (χ1n) is 10.1. The molecule has 2 heteroatoms. The van der Waals surface area contributed by atoms with E-state index in [4.69, 9.17) is 0 Å². The van der Waals surface area contributed by atoms with Crippen LogP contribution in [-0.2, 0) is 0 Å². The van der Waals surface area contributed by atoms with Crippen molar-refractivity contribution in [2.45, 2.75) is 0 Å². The van der Waals surface area contributed by atoms with Gasteiger partial charge in [0.05, 0.1) is 0 Å². The van der Waals surface area contributed by atoms with Crippen LogP contribution in [0.4, 0.5) is 0 Å². The molecule has 140 valence electrons. The summed E-state index contributed by atoms with van der Waals surface area (Å²) in [5.74, 6) is 0. The van der Waals surface area contributed by atoms with Gasteiger partial charge in [-0.3, -0.25) is 0 Å². The third-order valence-electron chi connectivity index (χ3n) is 5.97. The molecule has 0 aliphatic heterocycles. The van der Waals surface area contributed by atoms with Gasteiger partial charge in [-0.25, -0.2) is 0 Å². The molecule has 0 aliphatic rings. The predicted molar refractivity (Wildman–Crippen MR) is 136 cm³/mol. The Kier molecular flexibility index (Phi) is 3.40. The van der Waals surface area contributed by atoms with Gasteiger partial charge in [-0.05, 0) is 70.1 Å². The number of hydrogen-bond donors (Lipinski definition) is 0. The second kappa shape index (κ2) is 6.15. The van der Waals surface area contributed by atoms with E-state index < -0.39 is 0 Å². The molecule has 0 aliphatic carbocycles. The Morgan fingerprint density at radius 1 is 0.300 bits per heavy atom. The molecule has 30 heavy (non-hydrogen) atoms. The molecule has 2 heterocycles. The van der Waals surface area contributed by atoms with E-state index >= 15 is 0 Å². The van der Waals surface area contributed by atoms with Crippen molar-refractivity contribution in [3.05, 3.63) is 97.1 Å². The topological polar surface area (TPSA) is 0 Å². The van der Waals surface area contributed by atoms with Crippen molar-refractivity contribution in [3.8, 4) is 0 Å². The standard InChI is InChI=1S/C28H16S2/c1-2-18-6-10-26-22(14-18)24-16-20(8-12-28(24)30-26)4-3-19-7-11-27-23(15-19)21-13-17(1)5-9-25(21)29-27/h1-16H. The van der Waals surface area contributed by atoms with E-state index in [1.807, 2.05) is 22.7 Å². The van der Waals surface area contributed by atoms with Crippen LogP contribution in [-0.4, -0.2) is 0 Å². The van der Waals surface area contributed by atoms with Gasteiger partial charge in [-0.15, -0.1) is 22.7 Å². The molecule has 8 bridgehead atoms. The highest BCUT2D eigenvalue weighted by Gasteiger charge is 2.06. The molecule has 7 rings (SSSR count). The summed E-state index contributed by atoms with van der Waals surface area (Å²) in [6.07, 6.45) is 0. The predicted octanol–water partition coefficient (Wildman–Crippen LogP) is 9.29. The highest BCUT2D eigenvalue weighted by Crippen LogP contribution is 2.37. The van der Waals surface area contributed by atoms with E-state index in [2.05, 4.69) is 97.1 Å². The fraction of sp³-hybridized carbons (Fsp3) is 0. The molecule has 0 amide bonds. The zero-order valence-corrected chi connectivity index (χ0v) is 17.7. The van der Waals surface area contributed by atoms with Crippen molar-refractivity contribution in [1.82, 2.24) is 0 Å². The first kappa shape index (κ1) is 16.6. The van der Waals surface area contributed by atoms with Crippen molar-refractivity contribution in [1.29, 1.82) is 0 Å². The van der Waals surface area contributed by atoms with Gasteiger partial charge in [0.2, 0.25) is 0 Å². The highest BCUT2D eigenvalue weighted by molar-refractivity contribution is 7.26. The number of benzene rings is 4. The molecular formula is C28H16S2. The summed E-state index contributed by atoms with van der Waals surface area (Å²) in [5.41, 5.74) is 0. The van der Waals surface area contributed by atoms with Crippen molar-refractivity contribution in [3.63, 3.8) is 0 Å². The van der Waals surface area contributed by atoms with Crippen molar-refractivity contribution in [2.75, 3.05) is 0 Å². The van der Waals surface area contributed by atoms with E-state index in [9.17, 15) is 0 Å². The molecule has 2 aromatic heterocycles. The van der Waals surface area contributed by atoms with Crippen LogP contribution in [0.15, 0.2) is 97.1 Å². The van der Waals surface area contributed by atoms with Crippen LogP contribution in [0.3, 0.4) is 0 Å². The minimum absolute atomic E-state index is 1.24. The van der Waals surface area contributed by atoms with Crippen LogP contribution in [0.5, 0.6) is 0 Å². The summed E-state index contributed by atoms with van der Waals surface area (Å²) < 4.78 is 5.39. The van der Waals surface area contributed by atoms with Gasteiger partial charge < -0.3 is 0 Å². The van der Waals surface area contributed by atoms with Crippen LogP contribution >= 0.6 is 22.7 Å². The number of fused-ring (bicyclic) bond motifs is 4. The van der Waals surface area contributed by atoms with Gasteiger partial charge in [-0.1, -0.05) is 48.5 Å². The summed E-state index contributed by atoms with van der Waals surface area (Å²) in [6.45, 7) is 0. The Morgan fingerprint density at radius 3 is 0.800 bits per heavy atom. The average Bonchev–Trinajstić information content (AvgIpc) is 3.32. The third kappa shape index (κ3) is 2.51. The fourth-order valence-corrected chi connectivity index (χ4v) is 6.56. The molecule has 0 saturated carbocycles. The monoisotopic (exact) mass is 416 g/mol. The molecule has 0 unspecified atom stereocenters. The van der Waals surface area contributed by atoms with E-state index in [-0.39, 0.29) is 0 Å². The summed E-state index contributed by atoms with van der Waals surface area (Å²) in [7, 11) is 0. The molecule has 0 atom stereocenters. The van der Waals surface area contributed by atoms with Crippen LogP contribution in [0.1, 0.15) is 0 Å². The van der Waals surface area contributed by atoms with Crippen LogP contribution < -0.4 is 0 Å². The average molecular weight is 417 g/mol. The van der Waals surface area contributed by atoms with Gasteiger partial charge in [0.25, 0.3) is 0 Å². The summed E-state index contributed by atoms with van der Waals surface area (Å²) >= 11 is 3.74. The van der Waals surface area contributed by atoms with E-state index in [1.54, 1.807) is 0 Å². The second-order valence-electron chi connectivity index (χ2n) is 7.89. The third-order valence-corrected chi connectivity index (χ3v) is 8.27. The van der Waals surface area contributed by atoms with Crippen LogP contribution in [0.2, 0.25) is 0 Å². The Balaban J connectivity index is 1.69. The molecule has 5 aromatic carbocycles. The molecule has 0 saturated heterocycles. The van der Waals surface area contributed by atoms with Gasteiger partial charge in [0.1, 0.15) is 0 Å². The summed E-state index contributed by atoms with van der Waals surface area (Å²) in [6, 6.07) is 36.2. The molecule has 0 nitrogen and oxygen atoms in total. The van der Waals surface area contributed by atoms with Gasteiger partial charge >= 0.3 is 0 Å². The van der Waals surface area contributed by atoms with Crippen molar-refractivity contribution in [2.24, 2.45) is 0 Å². The number of thiophene rings is 2. The maximum atomic E-state index is 2.33. The highest BCUT2D eigenvalue weighted by atomic mass is 32.1. The zero-order chi connectivity index (χ0) is 19.7. The second-order valence-corrected chi connectivity index (χ2v) is 10.1. The van der Waals surface area contributed by atoms with Gasteiger partial charge in [-0.2, -0.15) is 0 Å². The molecule has 0 spiro atoms. The first-order valence-corrected chi connectivity index (χ1v) is 11.7. The smallest absolute Gasteiger partial charge is 0.0355 e. The quantitative estimate of drug-likeness (QED) is 0.231. The Hall–Kier alpha value is -3.20. The van der Waals surface area contributed by atoms with Crippen LogP contribution in [0.25, 0.3) is 61.9 Å². The minimum Gasteiger partial charge on any atom is -0.135 e. The Bertz CT molecular complexity index is 1530. The largest absolute Gasteiger partial charge is 0.135 e. The SMILES string of the molecule is c1cc2ccc3sc4ccc(ccc5ccc6sc7ccc1cc7c6c5)cc4c3c2. The lowest BCUT2D eigenvalue weighted by atomic mass is 10.1. The van der Waals surface area contributed by atoms with E-state index in [0.717, 1.165) is 0 Å². The normalized spacial score (nSPS) is 12.0. The van der Waals surface area contributed by atoms with E-state index in [0.29, 0.717) is 0 Å². The van der Waals surface area contributed by atoms with Crippen molar-refractivity contribution < 1.29 is 0 Å². The molecule has 0 N–H and O–H groups in total. The summed E-state index contributed by atoms with van der Waals surface area (Å²) in [5, 5.41) is 10.3. The lowest BCUT2D eigenvalue weighted by Crippen LogP contribution is -1.70. The Labute approximate surface area is 181 Å². The molecule has 0 radical (unpaired) electrons. The van der Waals surface area contributed by atoms with Gasteiger partial charge in [0, 0.05) is 40.3 Å². The minimum atomic E-state index is 1.24.